The van der Waals surface area contributed by atoms with Gasteiger partial charge in [-0.25, -0.2) is 8.42 Å². The van der Waals surface area contributed by atoms with E-state index in [1.54, 1.807) is 10.6 Å². The Morgan fingerprint density at radius 2 is 2.13 bits per heavy atom. The minimum Gasteiger partial charge on any atom is -0.468 e. The van der Waals surface area contributed by atoms with Crippen LogP contribution in [0.5, 0.6) is 0 Å². The first-order valence-electron chi connectivity index (χ1n) is 8.39. The van der Waals surface area contributed by atoms with Crippen LogP contribution in [0.4, 0.5) is 0 Å². The molecular weight excluding hydrogens is 316 g/mol. The number of rotatable bonds is 4. The Labute approximate surface area is 137 Å². The van der Waals surface area contributed by atoms with Crippen LogP contribution in [0, 0.1) is 5.41 Å². The van der Waals surface area contributed by atoms with Crippen LogP contribution in [0.2, 0.25) is 0 Å². The van der Waals surface area contributed by atoms with Gasteiger partial charge in [-0.05, 0) is 37.9 Å². The van der Waals surface area contributed by atoms with Gasteiger partial charge in [-0.1, -0.05) is 0 Å². The number of nitrogens with zero attached hydrogens (tertiary/aromatic N) is 2. The molecule has 23 heavy (non-hydrogen) atoms. The summed E-state index contributed by atoms with van der Waals surface area (Å²) in [6.07, 6.45) is 4.30. The van der Waals surface area contributed by atoms with E-state index in [2.05, 4.69) is 4.90 Å². The van der Waals surface area contributed by atoms with Crippen LogP contribution in [0.15, 0.2) is 22.8 Å². The van der Waals surface area contributed by atoms with Gasteiger partial charge < -0.3 is 9.15 Å². The third-order valence-corrected chi connectivity index (χ3v) is 7.53. The van der Waals surface area contributed by atoms with E-state index in [9.17, 15) is 8.42 Å². The SMILES string of the molecule is O=S(=O)(C1CC1)N1CCOC[C@@]2(CCN(Cc3ccco3)C2)C1. The highest BCUT2D eigenvalue weighted by Crippen LogP contribution is 2.38. The maximum absolute atomic E-state index is 12.6. The highest BCUT2D eigenvalue weighted by Gasteiger charge is 2.47. The quantitative estimate of drug-likeness (QED) is 0.827. The Morgan fingerprint density at radius 3 is 2.87 bits per heavy atom. The molecule has 0 N–H and O–H groups in total. The van der Waals surface area contributed by atoms with Gasteiger partial charge in [0.25, 0.3) is 0 Å². The number of likely N-dealkylation sites (tertiary alicyclic amines) is 1. The van der Waals surface area contributed by atoms with Crippen LogP contribution < -0.4 is 0 Å². The summed E-state index contributed by atoms with van der Waals surface area (Å²) < 4.78 is 38.2. The van der Waals surface area contributed by atoms with Crippen molar-refractivity contribution in [3.05, 3.63) is 24.2 Å². The lowest BCUT2D eigenvalue weighted by Crippen LogP contribution is -2.44. The predicted octanol–water partition coefficient (Wildman–Crippen LogP) is 1.30. The van der Waals surface area contributed by atoms with Crippen molar-refractivity contribution in [3.8, 4) is 0 Å². The van der Waals surface area contributed by atoms with Crippen molar-refractivity contribution in [2.24, 2.45) is 5.41 Å². The molecule has 128 valence electrons. The van der Waals surface area contributed by atoms with Gasteiger partial charge in [-0.3, -0.25) is 4.90 Å². The molecule has 3 heterocycles. The average Bonchev–Trinajstić information content (AvgIpc) is 3.20. The molecule has 1 spiro atoms. The molecule has 0 bridgehead atoms. The summed E-state index contributed by atoms with van der Waals surface area (Å²) in [4.78, 5) is 2.34. The maximum atomic E-state index is 12.6. The Balaban J connectivity index is 1.46. The molecule has 3 aliphatic rings. The maximum Gasteiger partial charge on any atom is 0.217 e. The minimum atomic E-state index is -3.13. The number of furan rings is 1. The van der Waals surface area contributed by atoms with E-state index in [-0.39, 0.29) is 10.7 Å². The largest absolute Gasteiger partial charge is 0.468 e. The Hall–Kier alpha value is -0.890. The third kappa shape index (κ3) is 3.20. The van der Waals surface area contributed by atoms with Crippen molar-refractivity contribution < 1.29 is 17.6 Å². The second-order valence-electron chi connectivity index (χ2n) is 7.17. The predicted molar refractivity (Wildman–Crippen MR) is 85.4 cm³/mol. The van der Waals surface area contributed by atoms with E-state index in [1.165, 1.54) is 0 Å². The molecule has 2 aliphatic heterocycles. The van der Waals surface area contributed by atoms with Crippen molar-refractivity contribution in [2.75, 3.05) is 39.4 Å². The van der Waals surface area contributed by atoms with Gasteiger partial charge in [-0.2, -0.15) is 4.31 Å². The van der Waals surface area contributed by atoms with Crippen LogP contribution in [0.25, 0.3) is 0 Å². The van der Waals surface area contributed by atoms with Crippen LogP contribution in [0.3, 0.4) is 0 Å². The fourth-order valence-electron chi connectivity index (χ4n) is 3.78. The van der Waals surface area contributed by atoms with E-state index >= 15 is 0 Å². The van der Waals surface area contributed by atoms with E-state index in [4.69, 9.17) is 9.15 Å². The molecule has 1 atom stereocenters. The van der Waals surface area contributed by atoms with Crippen molar-refractivity contribution in [2.45, 2.75) is 31.1 Å². The molecule has 1 aromatic rings. The van der Waals surface area contributed by atoms with Crippen molar-refractivity contribution in [1.82, 2.24) is 9.21 Å². The summed E-state index contributed by atoms with van der Waals surface area (Å²) in [5.41, 5.74) is -0.0783. The normalized spacial score (nSPS) is 30.8. The molecule has 0 unspecified atom stereocenters. The molecule has 7 heteroatoms. The van der Waals surface area contributed by atoms with Crippen LogP contribution in [-0.2, 0) is 21.3 Å². The molecule has 1 saturated carbocycles. The molecule has 4 rings (SSSR count). The topological polar surface area (TPSA) is 63.0 Å². The first kappa shape index (κ1) is 15.6. The van der Waals surface area contributed by atoms with Gasteiger partial charge in [-0.15, -0.1) is 0 Å². The molecule has 1 aromatic heterocycles. The van der Waals surface area contributed by atoms with E-state index in [0.717, 1.165) is 44.7 Å². The zero-order valence-corrected chi connectivity index (χ0v) is 14.1. The van der Waals surface area contributed by atoms with E-state index in [0.29, 0.717) is 26.3 Å². The van der Waals surface area contributed by atoms with Gasteiger partial charge in [0.05, 0.1) is 31.3 Å². The first-order valence-corrected chi connectivity index (χ1v) is 9.89. The first-order chi connectivity index (χ1) is 11.1. The fourth-order valence-corrected chi connectivity index (χ4v) is 5.72. The van der Waals surface area contributed by atoms with Gasteiger partial charge in [0, 0.05) is 25.0 Å². The average molecular weight is 340 g/mol. The van der Waals surface area contributed by atoms with Gasteiger partial charge in [0.2, 0.25) is 10.0 Å². The second-order valence-corrected chi connectivity index (χ2v) is 9.38. The molecule has 0 radical (unpaired) electrons. The molecule has 2 saturated heterocycles. The summed E-state index contributed by atoms with van der Waals surface area (Å²) in [5.74, 6) is 0.957. The van der Waals surface area contributed by atoms with Crippen LogP contribution in [-0.4, -0.2) is 62.3 Å². The molecule has 0 aromatic carbocycles. The number of ether oxygens (including phenoxy) is 1. The van der Waals surface area contributed by atoms with Crippen molar-refractivity contribution in [1.29, 1.82) is 0 Å². The molecule has 6 nitrogen and oxygen atoms in total. The Bertz CT molecular complexity index is 641. The standard InChI is InChI=1S/C16H24N2O4S/c19-23(20,15-3-4-15)18-7-9-21-13-16(12-18)5-6-17(11-16)10-14-2-1-8-22-14/h1-2,8,15H,3-7,9-13H2/t16-/m1/s1. The van der Waals surface area contributed by atoms with Crippen LogP contribution in [0.1, 0.15) is 25.0 Å². The number of sulfonamides is 1. The fraction of sp³-hybridized carbons (Fsp3) is 0.750. The molecular formula is C16H24N2O4S. The molecule has 3 fully saturated rings. The lowest BCUT2D eigenvalue weighted by atomic mass is 9.88. The van der Waals surface area contributed by atoms with Gasteiger partial charge in [0.1, 0.15) is 5.76 Å². The summed E-state index contributed by atoms with van der Waals surface area (Å²) in [6, 6.07) is 3.89. The van der Waals surface area contributed by atoms with Gasteiger partial charge in [0.15, 0.2) is 0 Å². The number of hydrogen-bond donors (Lipinski definition) is 0. The van der Waals surface area contributed by atoms with E-state index in [1.807, 2.05) is 12.1 Å². The van der Waals surface area contributed by atoms with E-state index < -0.39 is 10.0 Å². The van der Waals surface area contributed by atoms with Crippen LogP contribution >= 0.6 is 0 Å². The monoisotopic (exact) mass is 340 g/mol. The summed E-state index contributed by atoms with van der Waals surface area (Å²) in [6.45, 7) is 4.86. The Morgan fingerprint density at radius 1 is 1.26 bits per heavy atom. The summed E-state index contributed by atoms with van der Waals surface area (Å²) >= 11 is 0. The van der Waals surface area contributed by atoms with Crippen molar-refractivity contribution in [3.63, 3.8) is 0 Å². The lowest BCUT2D eigenvalue weighted by molar-refractivity contribution is 0.0716. The third-order valence-electron chi connectivity index (χ3n) is 5.19. The Kier molecular flexibility index (Phi) is 3.99. The zero-order valence-electron chi connectivity index (χ0n) is 13.3. The number of hydrogen-bond acceptors (Lipinski definition) is 5. The lowest BCUT2D eigenvalue weighted by Gasteiger charge is -2.31. The molecule has 1 aliphatic carbocycles. The smallest absolute Gasteiger partial charge is 0.217 e. The van der Waals surface area contributed by atoms with Gasteiger partial charge >= 0.3 is 0 Å². The minimum absolute atomic E-state index is 0.0783. The highest BCUT2D eigenvalue weighted by atomic mass is 32.2. The highest BCUT2D eigenvalue weighted by molar-refractivity contribution is 7.90. The second kappa shape index (κ2) is 5.88. The van der Waals surface area contributed by atoms with Crippen molar-refractivity contribution >= 4 is 10.0 Å². The summed E-state index contributed by atoms with van der Waals surface area (Å²) in [7, 11) is -3.13. The molecule has 0 amide bonds. The zero-order chi connectivity index (χ0) is 15.9. The summed E-state index contributed by atoms with van der Waals surface area (Å²) in [5, 5.41) is -0.140.